The van der Waals surface area contributed by atoms with Crippen LogP contribution in [0.25, 0.3) is 0 Å². The zero-order valence-electron chi connectivity index (χ0n) is 13.7. The molecule has 0 bridgehead atoms. The Bertz CT molecular complexity index is 260. The zero-order chi connectivity index (χ0) is 14.4. The second-order valence-electron chi connectivity index (χ2n) is 6.86. The summed E-state index contributed by atoms with van der Waals surface area (Å²) in [5, 5.41) is 3.83. The molecule has 0 aromatic heterocycles. The smallest absolute Gasteiger partial charge is 0.0618 e. The maximum Gasteiger partial charge on any atom is 0.0618 e. The summed E-state index contributed by atoms with van der Waals surface area (Å²) in [5.74, 6) is 0.906. The largest absolute Gasteiger partial charge is 0.383 e. The van der Waals surface area contributed by atoms with E-state index in [1.807, 2.05) is 7.11 Å². The predicted octanol–water partition coefficient (Wildman–Crippen LogP) is 3.04. The summed E-state index contributed by atoms with van der Waals surface area (Å²) < 4.78 is 5.48. The molecule has 118 valence electrons. The van der Waals surface area contributed by atoms with E-state index >= 15 is 0 Å². The molecule has 1 aliphatic carbocycles. The Morgan fingerprint density at radius 3 is 2.65 bits per heavy atom. The minimum absolute atomic E-state index is 0.605. The highest BCUT2D eigenvalue weighted by Gasteiger charge is 2.34. The number of piperazine rings is 1. The highest BCUT2D eigenvalue weighted by molar-refractivity contribution is 4.91. The van der Waals surface area contributed by atoms with E-state index in [0.717, 1.165) is 19.1 Å². The molecule has 1 aliphatic heterocycles. The zero-order valence-corrected chi connectivity index (χ0v) is 13.7. The number of nitrogens with zero attached hydrogens (tertiary/aromatic N) is 1. The van der Waals surface area contributed by atoms with E-state index in [9.17, 15) is 0 Å². The fourth-order valence-electron chi connectivity index (χ4n) is 4.14. The van der Waals surface area contributed by atoms with E-state index in [0.29, 0.717) is 18.1 Å². The lowest BCUT2D eigenvalue weighted by molar-refractivity contribution is 0.0223. The van der Waals surface area contributed by atoms with Gasteiger partial charge in [0, 0.05) is 38.3 Å². The normalized spacial score (nSPS) is 31.4. The molecule has 0 radical (unpaired) electrons. The van der Waals surface area contributed by atoms with E-state index in [2.05, 4.69) is 24.1 Å². The van der Waals surface area contributed by atoms with E-state index < -0.39 is 0 Å². The first-order valence-electron chi connectivity index (χ1n) is 8.74. The van der Waals surface area contributed by atoms with Gasteiger partial charge < -0.3 is 10.1 Å². The molecule has 1 saturated heterocycles. The van der Waals surface area contributed by atoms with Crippen molar-refractivity contribution in [3.05, 3.63) is 0 Å². The molecule has 0 aromatic rings. The van der Waals surface area contributed by atoms with Crippen LogP contribution in [0.5, 0.6) is 0 Å². The summed E-state index contributed by atoms with van der Waals surface area (Å²) in [6.45, 7) is 7.90. The van der Waals surface area contributed by atoms with Crippen LogP contribution in [0.3, 0.4) is 0 Å². The van der Waals surface area contributed by atoms with Crippen LogP contribution in [0.15, 0.2) is 0 Å². The van der Waals surface area contributed by atoms with Gasteiger partial charge in [0.2, 0.25) is 0 Å². The highest BCUT2D eigenvalue weighted by atomic mass is 16.5. The van der Waals surface area contributed by atoms with Crippen molar-refractivity contribution in [3.8, 4) is 0 Å². The van der Waals surface area contributed by atoms with Crippen molar-refractivity contribution in [2.24, 2.45) is 5.92 Å². The van der Waals surface area contributed by atoms with Crippen LogP contribution in [-0.2, 0) is 4.74 Å². The molecule has 2 fully saturated rings. The van der Waals surface area contributed by atoms with Crippen molar-refractivity contribution in [1.29, 1.82) is 0 Å². The molecular weight excluding hydrogens is 248 g/mol. The molecule has 3 unspecified atom stereocenters. The molecule has 3 atom stereocenters. The van der Waals surface area contributed by atoms with Crippen molar-refractivity contribution in [1.82, 2.24) is 10.2 Å². The van der Waals surface area contributed by atoms with Crippen LogP contribution in [0.1, 0.15) is 58.8 Å². The minimum atomic E-state index is 0.605. The Morgan fingerprint density at radius 1 is 1.25 bits per heavy atom. The van der Waals surface area contributed by atoms with E-state index in [4.69, 9.17) is 4.74 Å². The second kappa shape index (κ2) is 8.35. The highest BCUT2D eigenvalue weighted by Crippen LogP contribution is 2.29. The van der Waals surface area contributed by atoms with Crippen molar-refractivity contribution in [3.63, 3.8) is 0 Å². The third kappa shape index (κ3) is 4.19. The molecule has 1 heterocycles. The molecule has 2 aliphatic rings. The standard InChI is InChI=1S/C17H34N2O/c1-4-8-16(13-20-3)19-12-17(18-11-14(19)2)15-9-6-5-7-10-15/h14-18H,4-13H2,1-3H3. The number of rotatable bonds is 6. The first-order valence-corrected chi connectivity index (χ1v) is 8.74. The van der Waals surface area contributed by atoms with Gasteiger partial charge in [-0.05, 0) is 32.1 Å². The Hall–Kier alpha value is -0.120. The maximum absolute atomic E-state index is 5.48. The lowest BCUT2D eigenvalue weighted by Crippen LogP contribution is -2.61. The average molecular weight is 282 g/mol. The summed E-state index contributed by atoms with van der Waals surface area (Å²) in [6, 6.07) is 1.96. The van der Waals surface area contributed by atoms with Crippen LogP contribution in [0, 0.1) is 5.92 Å². The minimum Gasteiger partial charge on any atom is -0.383 e. The summed E-state index contributed by atoms with van der Waals surface area (Å²) in [5.41, 5.74) is 0. The number of hydrogen-bond acceptors (Lipinski definition) is 3. The first kappa shape index (κ1) is 16.3. The third-order valence-electron chi connectivity index (χ3n) is 5.32. The van der Waals surface area contributed by atoms with Crippen molar-refractivity contribution >= 4 is 0 Å². The van der Waals surface area contributed by atoms with Crippen molar-refractivity contribution in [2.75, 3.05) is 26.8 Å². The molecule has 0 spiro atoms. The summed E-state index contributed by atoms with van der Waals surface area (Å²) in [6.07, 6.45) is 9.70. The van der Waals surface area contributed by atoms with Gasteiger partial charge in [-0.25, -0.2) is 0 Å². The number of methoxy groups -OCH3 is 1. The Morgan fingerprint density at radius 2 is 2.00 bits per heavy atom. The monoisotopic (exact) mass is 282 g/mol. The first-order chi connectivity index (χ1) is 9.76. The molecule has 0 aromatic carbocycles. The van der Waals surface area contributed by atoms with Crippen LogP contribution in [0.2, 0.25) is 0 Å². The van der Waals surface area contributed by atoms with Gasteiger partial charge in [0.25, 0.3) is 0 Å². The van der Waals surface area contributed by atoms with Gasteiger partial charge >= 0.3 is 0 Å². The van der Waals surface area contributed by atoms with Gasteiger partial charge in [-0.15, -0.1) is 0 Å². The molecule has 1 N–H and O–H groups in total. The molecule has 1 saturated carbocycles. The number of hydrogen-bond donors (Lipinski definition) is 1. The van der Waals surface area contributed by atoms with Gasteiger partial charge in [0.1, 0.15) is 0 Å². The summed E-state index contributed by atoms with van der Waals surface area (Å²) in [7, 11) is 1.84. The Labute approximate surface area is 125 Å². The molecule has 3 nitrogen and oxygen atoms in total. The third-order valence-corrected chi connectivity index (χ3v) is 5.32. The molecule has 0 amide bonds. The van der Waals surface area contributed by atoms with E-state index in [1.165, 1.54) is 51.5 Å². The lowest BCUT2D eigenvalue weighted by atomic mass is 9.82. The molecule has 20 heavy (non-hydrogen) atoms. The van der Waals surface area contributed by atoms with Crippen molar-refractivity contribution < 1.29 is 4.74 Å². The topological polar surface area (TPSA) is 24.5 Å². The Balaban J connectivity index is 1.95. The fraction of sp³-hybridized carbons (Fsp3) is 1.00. The lowest BCUT2D eigenvalue weighted by Gasteiger charge is -2.46. The van der Waals surface area contributed by atoms with Gasteiger partial charge in [0.05, 0.1) is 6.61 Å². The fourth-order valence-corrected chi connectivity index (χ4v) is 4.14. The van der Waals surface area contributed by atoms with Crippen molar-refractivity contribution in [2.45, 2.75) is 76.9 Å². The predicted molar refractivity (Wildman–Crippen MR) is 85.1 cm³/mol. The van der Waals surface area contributed by atoms with Gasteiger partial charge in [-0.1, -0.05) is 32.6 Å². The second-order valence-corrected chi connectivity index (χ2v) is 6.86. The quantitative estimate of drug-likeness (QED) is 0.810. The summed E-state index contributed by atoms with van der Waals surface area (Å²) >= 11 is 0. The average Bonchev–Trinajstić information content (AvgIpc) is 2.48. The van der Waals surface area contributed by atoms with Crippen LogP contribution in [0.4, 0.5) is 0 Å². The van der Waals surface area contributed by atoms with E-state index in [1.54, 1.807) is 0 Å². The van der Waals surface area contributed by atoms with Crippen LogP contribution >= 0.6 is 0 Å². The van der Waals surface area contributed by atoms with Gasteiger partial charge in [-0.2, -0.15) is 0 Å². The Kier molecular flexibility index (Phi) is 6.79. The number of nitrogens with one attached hydrogen (secondary N) is 1. The molecule has 3 heteroatoms. The van der Waals surface area contributed by atoms with Gasteiger partial charge in [-0.3, -0.25) is 4.90 Å². The maximum atomic E-state index is 5.48. The molecular formula is C17H34N2O. The number of ether oxygens (including phenoxy) is 1. The molecule has 2 rings (SSSR count). The van der Waals surface area contributed by atoms with Gasteiger partial charge in [0.15, 0.2) is 0 Å². The van der Waals surface area contributed by atoms with Crippen LogP contribution in [-0.4, -0.2) is 49.8 Å². The summed E-state index contributed by atoms with van der Waals surface area (Å²) in [4.78, 5) is 2.72. The van der Waals surface area contributed by atoms with E-state index in [-0.39, 0.29) is 0 Å². The van der Waals surface area contributed by atoms with Crippen LogP contribution < -0.4 is 5.32 Å². The SMILES string of the molecule is CCCC(COC)N1CC(C2CCCCC2)NCC1C.